The van der Waals surface area contributed by atoms with Gasteiger partial charge in [-0.25, -0.2) is 0 Å². The first-order valence-corrected chi connectivity index (χ1v) is 8.32. The maximum Gasteiger partial charge on any atom is 0.228 e. The normalized spacial score (nSPS) is 10.2. The second-order valence-electron chi connectivity index (χ2n) is 5.90. The molecular weight excluding hydrogens is 300 g/mol. The van der Waals surface area contributed by atoms with E-state index in [0.29, 0.717) is 6.42 Å². The number of nitrogens with one attached hydrogen (secondary N) is 2. The predicted octanol–water partition coefficient (Wildman–Crippen LogP) is 4.17. The minimum atomic E-state index is -0.108. The van der Waals surface area contributed by atoms with Gasteiger partial charge in [-0.05, 0) is 48.2 Å². The van der Waals surface area contributed by atoms with Crippen LogP contribution in [0, 0.1) is 0 Å². The number of hydrogen-bond acceptors (Lipinski definition) is 2. The quantitative estimate of drug-likeness (QED) is 0.803. The zero-order valence-electron chi connectivity index (χ0n) is 14.3. The average Bonchev–Trinajstić information content (AvgIpc) is 2.55. The van der Waals surface area contributed by atoms with Crippen LogP contribution >= 0.6 is 0 Å². The van der Waals surface area contributed by atoms with Crippen LogP contribution in [-0.4, -0.2) is 11.8 Å². The monoisotopic (exact) mass is 324 g/mol. The topological polar surface area (TPSA) is 58.2 Å². The molecule has 0 spiro atoms. The number of hydrogen-bond donors (Lipinski definition) is 2. The zero-order chi connectivity index (χ0) is 17.4. The Bertz CT molecular complexity index is 676. The SMILES string of the molecule is CCCCc1ccc(NC(=O)Cc2ccc(NC(C)=O)cc2)cc1. The number of unbranched alkanes of at least 4 members (excludes halogenated alkanes) is 1. The summed E-state index contributed by atoms with van der Waals surface area (Å²) in [6.45, 7) is 3.65. The van der Waals surface area contributed by atoms with Crippen LogP contribution in [0.5, 0.6) is 0 Å². The molecule has 4 nitrogen and oxygen atoms in total. The van der Waals surface area contributed by atoms with E-state index in [4.69, 9.17) is 0 Å². The first-order valence-electron chi connectivity index (χ1n) is 8.32. The minimum absolute atomic E-state index is 0.0522. The molecule has 2 rings (SSSR count). The lowest BCUT2D eigenvalue weighted by molar-refractivity contribution is -0.116. The number of amides is 2. The van der Waals surface area contributed by atoms with Crippen molar-refractivity contribution < 1.29 is 9.59 Å². The Kier molecular flexibility index (Phi) is 6.55. The van der Waals surface area contributed by atoms with E-state index in [2.05, 4.69) is 29.7 Å². The highest BCUT2D eigenvalue weighted by atomic mass is 16.2. The molecule has 0 heterocycles. The van der Waals surface area contributed by atoms with Gasteiger partial charge < -0.3 is 10.6 Å². The van der Waals surface area contributed by atoms with Crippen LogP contribution in [0.1, 0.15) is 37.8 Å². The van der Waals surface area contributed by atoms with Crippen molar-refractivity contribution >= 4 is 23.2 Å². The number of carbonyl (C=O) groups is 2. The van der Waals surface area contributed by atoms with E-state index in [9.17, 15) is 9.59 Å². The number of rotatable bonds is 7. The highest BCUT2D eigenvalue weighted by molar-refractivity contribution is 5.92. The summed E-state index contributed by atoms with van der Waals surface area (Å²) in [5.41, 5.74) is 3.74. The van der Waals surface area contributed by atoms with Crippen molar-refractivity contribution in [2.45, 2.75) is 39.5 Å². The first-order chi connectivity index (χ1) is 11.6. The van der Waals surface area contributed by atoms with Crippen LogP contribution in [-0.2, 0) is 22.4 Å². The molecule has 0 aliphatic rings. The van der Waals surface area contributed by atoms with E-state index in [1.165, 1.54) is 25.3 Å². The molecule has 2 aromatic rings. The molecular formula is C20H24N2O2. The minimum Gasteiger partial charge on any atom is -0.326 e. The number of benzene rings is 2. The largest absolute Gasteiger partial charge is 0.326 e. The summed E-state index contributed by atoms with van der Waals surface area (Å²) in [7, 11) is 0. The molecule has 0 saturated carbocycles. The summed E-state index contributed by atoms with van der Waals surface area (Å²) in [6, 6.07) is 15.3. The summed E-state index contributed by atoms with van der Waals surface area (Å²) in [4.78, 5) is 23.1. The van der Waals surface area contributed by atoms with Crippen LogP contribution < -0.4 is 10.6 Å². The van der Waals surface area contributed by atoms with E-state index in [1.54, 1.807) is 12.1 Å². The Morgan fingerprint density at radius 2 is 1.38 bits per heavy atom. The van der Waals surface area contributed by atoms with Crippen LogP contribution in [0.3, 0.4) is 0 Å². The van der Waals surface area contributed by atoms with Crippen LogP contribution in [0.4, 0.5) is 11.4 Å². The van der Waals surface area contributed by atoms with Gasteiger partial charge in [0, 0.05) is 18.3 Å². The molecule has 2 N–H and O–H groups in total. The van der Waals surface area contributed by atoms with E-state index < -0.39 is 0 Å². The molecule has 0 radical (unpaired) electrons. The molecule has 126 valence electrons. The molecule has 0 atom stereocenters. The summed E-state index contributed by atoms with van der Waals surface area (Å²) in [5.74, 6) is -0.161. The Morgan fingerprint density at radius 3 is 1.92 bits per heavy atom. The molecule has 2 aromatic carbocycles. The molecule has 4 heteroatoms. The smallest absolute Gasteiger partial charge is 0.228 e. The second kappa shape index (κ2) is 8.87. The number of carbonyl (C=O) groups excluding carboxylic acids is 2. The molecule has 0 unspecified atom stereocenters. The fourth-order valence-corrected chi connectivity index (χ4v) is 2.44. The van der Waals surface area contributed by atoms with Crippen molar-refractivity contribution in [2.24, 2.45) is 0 Å². The molecule has 0 bridgehead atoms. The van der Waals surface area contributed by atoms with Gasteiger partial charge in [0.2, 0.25) is 11.8 Å². The fraction of sp³-hybridized carbons (Fsp3) is 0.300. The van der Waals surface area contributed by atoms with E-state index in [-0.39, 0.29) is 11.8 Å². The van der Waals surface area contributed by atoms with Crippen molar-refractivity contribution in [3.8, 4) is 0 Å². The highest BCUT2D eigenvalue weighted by Crippen LogP contribution is 2.14. The summed E-state index contributed by atoms with van der Waals surface area (Å²) >= 11 is 0. The van der Waals surface area contributed by atoms with Gasteiger partial charge >= 0.3 is 0 Å². The molecule has 0 aliphatic carbocycles. The lowest BCUT2D eigenvalue weighted by Crippen LogP contribution is -2.14. The molecule has 0 saturated heterocycles. The predicted molar refractivity (Wildman–Crippen MR) is 98.1 cm³/mol. The Balaban J connectivity index is 1.87. The molecule has 24 heavy (non-hydrogen) atoms. The van der Waals surface area contributed by atoms with Crippen molar-refractivity contribution in [3.63, 3.8) is 0 Å². The Morgan fingerprint density at radius 1 is 0.833 bits per heavy atom. The number of anilines is 2. The van der Waals surface area contributed by atoms with Crippen molar-refractivity contribution in [3.05, 3.63) is 59.7 Å². The maximum atomic E-state index is 12.1. The highest BCUT2D eigenvalue weighted by Gasteiger charge is 2.05. The van der Waals surface area contributed by atoms with Gasteiger partial charge in [0.25, 0.3) is 0 Å². The van der Waals surface area contributed by atoms with Gasteiger partial charge in [0.05, 0.1) is 6.42 Å². The summed E-state index contributed by atoms with van der Waals surface area (Å²) in [6.07, 6.45) is 3.74. The lowest BCUT2D eigenvalue weighted by Gasteiger charge is -2.08. The third kappa shape index (κ3) is 5.88. The van der Waals surface area contributed by atoms with E-state index >= 15 is 0 Å². The van der Waals surface area contributed by atoms with Crippen LogP contribution in [0.15, 0.2) is 48.5 Å². The molecule has 0 aromatic heterocycles. The van der Waals surface area contributed by atoms with Crippen molar-refractivity contribution in [2.75, 3.05) is 10.6 Å². The van der Waals surface area contributed by atoms with Crippen LogP contribution in [0.25, 0.3) is 0 Å². The first kappa shape index (κ1) is 17.7. The van der Waals surface area contributed by atoms with Gasteiger partial charge in [-0.3, -0.25) is 9.59 Å². The second-order valence-corrected chi connectivity index (χ2v) is 5.90. The van der Waals surface area contributed by atoms with Crippen molar-refractivity contribution in [1.82, 2.24) is 0 Å². The van der Waals surface area contributed by atoms with Gasteiger partial charge in [-0.2, -0.15) is 0 Å². The standard InChI is InChI=1S/C20H24N2O2/c1-3-4-5-16-6-10-19(11-7-16)22-20(24)14-17-8-12-18(13-9-17)21-15(2)23/h6-13H,3-5,14H2,1-2H3,(H,21,23)(H,22,24). The molecule has 0 fully saturated rings. The van der Waals surface area contributed by atoms with E-state index in [1.807, 2.05) is 24.3 Å². The van der Waals surface area contributed by atoms with Crippen LogP contribution in [0.2, 0.25) is 0 Å². The average molecular weight is 324 g/mol. The molecule has 0 aliphatic heterocycles. The number of aryl methyl sites for hydroxylation is 1. The third-order valence-corrected chi connectivity index (χ3v) is 3.70. The Labute approximate surface area is 143 Å². The Hall–Kier alpha value is -2.62. The maximum absolute atomic E-state index is 12.1. The van der Waals surface area contributed by atoms with Gasteiger partial charge in [-0.1, -0.05) is 37.6 Å². The van der Waals surface area contributed by atoms with Crippen molar-refractivity contribution in [1.29, 1.82) is 0 Å². The van der Waals surface area contributed by atoms with Gasteiger partial charge in [0.15, 0.2) is 0 Å². The molecule has 2 amide bonds. The van der Waals surface area contributed by atoms with Gasteiger partial charge in [-0.15, -0.1) is 0 Å². The third-order valence-electron chi connectivity index (χ3n) is 3.70. The zero-order valence-corrected chi connectivity index (χ0v) is 14.3. The summed E-state index contributed by atoms with van der Waals surface area (Å²) < 4.78 is 0. The lowest BCUT2D eigenvalue weighted by atomic mass is 10.1. The van der Waals surface area contributed by atoms with E-state index in [0.717, 1.165) is 23.4 Å². The summed E-state index contributed by atoms with van der Waals surface area (Å²) in [5, 5.41) is 5.62. The van der Waals surface area contributed by atoms with Gasteiger partial charge in [0.1, 0.15) is 0 Å². The fourth-order valence-electron chi connectivity index (χ4n) is 2.44.